The van der Waals surface area contributed by atoms with E-state index in [1.807, 2.05) is 48.5 Å². The molecule has 6 nitrogen and oxygen atoms in total. The Balaban J connectivity index is 1.30. The molecular weight excluding hydrogens is 670 g/mol. The van der Waals surface area contributed by atoms with Gasteiger partial charge in [0.05, 0.1) is 20.5 Å². The summed E-state index contributed by atoms with van der Waals surface area (Å²) >= 11 is 11.1. The molecule has 1 fully saturated rings. The Labute approximate surface area is 237 Å². The average molecular weight is 688 g/mol. The van der Waals surface area contributed by atoms with Gasteiger partial charge in [0.25, 0.3) is 0 Å². The number of halogens is 3. The number of nitrogens with zero attached hydrogens (tertiary/aromatic N) is 1. The smallest absolute Gasteiger partial charge is 0.326 e. The minimum absolute atomic E-state index is 0.378. The molecule has 2 bridgehead atoms. The molecule has 0 spiro atoms. The van der Waals surface area contributed by atoms with E-state index in [9.17, 15) is 19.2 Å². The highest BCUT2D eigenvalue weighted by molar-refractivity contribution is 9.10. The second-order valence-corrected chi connectivity index (χ2v) is 12.7. The van der Waals surface area contributed by atoms with Gasteiger partial charge >= 0.3 is 5.97 Å². The fourth-order valence-corrected chi connectivity index (χ4v) is 8.49. The number of benzene rings is 3. The molecule has 0 saturated carbocycles. The third kappa shape index (κ3) is 3.40. The lowest BCUT2D eigenvalue weighted by atomic mass is 9.54. The van der Waals surface area contributed by atoms with E-state index in [0.29, 0.717) is 5.56 Å². The zero-order chi connectivity index (χ0) is 26.1. The summed E-state index contributed by atoms with van der Waals surface area (Å²) in [7, 11) is 0. The van der Waals surface area contributed by atoms with Crippen molar-refractivity contribution < 1.29 is 23.9 Å². The quantitative estimate of drug-likeness (QED) is 0.162. The van der Waals surface area contributed by atoms with Gasteiger partial charge in [-0.1, -0.05) is 108 Å². The van der Waals surface area contributed by atoms with E-state index >= 15 is 0 Å². The lowest BCUT2D eigenvalue weighted by molar-refractivity contribution is -0.152. The van der Waals surface area contributed by atoms with E-state index in [-0.39, 0.29) is 5.78 Å². The number of imide groups is 1. The summed E-state index contributed by atoms with van der Waals surface area (Å²) in [6, 6.07) is 22.2. The third-order valence-corrected chi connectivity index (χ3v) is 10.7. The molecule has 0 radical (unpaired) electrons. The molecule has 186 valence electrons. The molecule has 0 unspecified atom stereocenters. The molecular formula is C28H18Br3NO5. The van der Waals surface area contributed by atoms with E-state index in [1.54, 1.807) is 24.3 Å². The molecule has 0 N–H and O–H groups in total. The maximum absolute atomic E-state index is 13.8. The molecule has 37 heavy (non-hydrogen) atoms. The van der Waals surface area contributed by atoms with Gasteiger partial charge in [0.2, 0.25) is 11.8 Å². The summed E-state index contributed by atoms with van der Waals surface area (Å²) in [5, 5.41) is 0. The number of hydrogen-bond acceptors (Lipinski definition) is 5. The number of Topliss-reactive ketones (excluding diaryl/α,β-unsaturated/α-hetero) is 1. The molecule has 3 aromatic rings. The Morgan fingerprint density at radius 2 is 1.19 bits per heavy atom. The van der Waals surface area contributed by atoms with Crippen LogP contribution in [-0.4, -0.2) is 41.6 Å². The van der Waals surface area contributed by atoms with E-state index in [0.717, 1.165) is 31.6 Å². The molecule has 1 saturated heterocycles. The van der Waals surface area contributed by atoms with Gasteiger partial charge in [0.1, 0.15) is 6.54 Å². The molecule has 4 aliphatic rings. The van der Waals surface area contributed by atoms with E-state index in [4.69, 9.17) is 4.74 Å². The zero-order valence-corrected chi connectivity index (χ0v) is 23.9. The predicted octanol–water partition coefficient (Wildman–Crippen LogP) is 5.08. The number of likely N-dealkylation sites (tertiary alicyclic amines) is 1. The van der Waals surface area contributed by atoms with Crippen LogP contribution in [0.5, 0.6) is 0 Å². The Bertz CT molecular complexity index is 1380. The monoisotopic (exact) mass is 685 g/mol. The van der Waals surface area contributed by atoms with Gasteiger partial charge in [0, 0.05) is 10.0 Å². The standard InChI is InChI=1S/C28H18Br3NO5/c29-16-11-9-15(10-12-16)21(33)14-37-22(34)13-32-25(35)23-24(26(32)36)28(31)18-6-2-1-5-17(18)27(23,30)19-7-3-4-8-20(19)28/h1-12,23-24H,13-14H2/t23-,24-,27?,28?/m0/s1. The van der Waals surface area contributed by atoms with Crippen LogP contribution < -0.4 is 0 Å². The number of hydrogen-bond donors (Lipinski definition) is 0. The van der Waals surface area contributed by atoms with Gasteiger partial charge in [-0.3, -0.25) is 24.1 Å². The summed E-state index contributed by atoms with van der Waals surface area (Å²) in [6.45, 7) is -1.04. The number of ether oxygens (including phenoxy) is 1. The molecule has 3 aliphatic carbocycles. The molecule has 2 atom stereocenters. The van der Waals surface area contributed by atoms with Gasteiger partial charge in [-0.05, 0) is 34.4 Å². The van der Waals surface area contributed by atoms with Crippen molar-refractivity contribution in [1.29, 1.82) is 0 Å². The van der Waals surface area contributed by atoms with Gasteiger partial charge in [0.15, 0.2) is 12.4 Å². The topological polar surface area (TPSA) is 80.8 Å². The van der Waals surface area contributed by atoms with Crippen molar-refractivity contribution in [2.75, 3.05) is 13.2 Å². The maximum atomic E-state index is 13.8. The lowest BCUT2D eigenvalue weighted by Gasteiger charge is -2.55. The predicted molar refractivity (Wildman–Crippen MR) is 145 cm³/mol. The summed E-state index contributed by atoms with van der Waals surface area (Å²) in [6.07, 6.45) is 0. The fraction of sp³-hybridized carbons (Fsp3) is 0.214. The molecule has 7 rings (SSSR count). The van der Waals surface area contributed by atoms with Gasteiger partial charge in [-0.15, -0.1) is 0 Å². The Hall–Kier alpha value is -2.62. The van der Waals surface area contributed by atoms with Gasteiger partial charge < -0.3 is 4.74 Å². The normalized spacial score (nSPS) is 26.9. The van der Waals surface area contributed by atoms with E-state index in [2.05, 4.69) is 47.8 Å². The second kappa shape index (κ2) is 8.71. The average Bonchev–Trinajstić information content (AvgIpc) is 3.16. The molecule has 1 aliphatic heterocycles. The van der Waals surface area contributed by atoms with Gasteiger partial charge in [-0.2, -0.15) is 0 Å². The summed E-state index contributed by atoms with van der Waals surface area (Å²) < 4.78 is 4.14. The zero-order valence-electron chi connectivity index (χ0n) is 19.1. The number of ketones is 1. The first-order valence-corrected chi connectivity index (χ1v) is 13.9. The van der Waals surface area contributed by atoms with Crippen molar-refractivity contribution in [3.8, 4) is 0 Å². The molecule has 1 heterocycles. The van der Waals surface area contributed by atoms with Crippen LogP contribution in [0.15, 0.2) is 77.3 Å². The molecule has 3 aromatic carbocycles. The second-order valence-electron chi connectivity index (χ2n) is 9.32. The van der Waals surface area contributed by atoms with Crippen LogP contribution in [0, 0.1) is 11.8 Å². The maximum Gasteiger partial charge on any atom is 0.326 e. The number of alkyl halides is 2. The highest BCUT2D eigenvalue weighted by Gasteiger charge is 2.72. The van der Waals surface area contributed by atoms with E-state index in [1.165, 1.54) is 0 Å². The van der Waals surface area contributed by atoms with Gasteiger partial charge in [-0.25, -0.2) is 0 Å². The molecule has 2 amide bonds. The first kappa shape index (κ1) is 24.7. The third-order valence-electron chi connectivity index (χ3n) is 7.49. The number of esters is 1. The summed E-state index contributed by atoms with van der Waals surface area (Å²) in [5.74, 6) is -3.62. The summed E-state index contributed by atoms with van der Waals surface area (Å²) in [5.41, 5.74) is 4.05. The van der Waals surface area contributed by atoms with Crippen LogP contribution in [0.4, 0.5) is 0 Å². The number of amides is 2. The molecule has 0 aromatic heterocycles. The number of carbonyl (C=O) groups excluding carboxylic acids is 4. The van der Waals surface area contributed by atoms with Crippen LogP contribution in [0.3, 0.4) is 0 Å². The number of carbonyl (C=O) groups is 4. The highest BCUT2D eigenvalue weighted by Crippen LogP contribution is 2.70. The molecule has 9 heteroatoms. The minimum atomic E-state index is -0.927. The van der Waals surface area contributed by atoms with Crippen LogP contribution in [0.1, 0.15) is 32.6 Å². The van der Waals surface area contributed by atoms with Crippen LogP contribution in [0.25, 0.3) is 0 Å². The Kier molecular flexibility index (Phi) is 5.82. The fourth-order valence-electron chi connectivity index (χ4n) is 5.92. The van der Waals surface area contributed by atoms with Crippen molar-refractivity contribution in [2.45, 2.75) is 8.65 Å². The van der Waals surface area contributed by atoms with Crippen molar-refractivity contribution in [2.24, 2.45) is 11.8 Å². The lowest BCUT2D eigenvalue weighted by Crippen LogP contribution is -2.56. The van der Waals surface area contributed by atoms with Crippen molar-refractivity contribution in [3.05, 3.63) is 105 Å². The van der Waals surface area contributed by atoms with E-state index < -0.39 is 51.4 Å². The SMILES string of the molecule is O=C(CN1C(=O)[C@@H]2[C@@H](C1=O)C1(Br)c3ccccc3C2(Br)c2ccccc21)OCC(=O)c1ccc(Br)cc1. The van der Waals surface area contributed by atoms with Crippen molar-refractivity contribution in [3.63, 3.8) is 0 Å². The minimum Gasteiger partial charge on any atom is -0.456 e. The largest absolute Gasteiger partial charge is 0.456 e. The number of rotatable bonds is 5. The van der Waals surface area contributed by atoms with Crippen LogP contribution >= 0.6 is 47.8 Å². The Morgan fingerprint density at radius 3 is 1.62 bits per heavy atom. The Morgan fingerprint density at radius 1 is 0.757 bits per heavy atom. The highest BCUT2D eigenvalue weighted by atomic mass is 79.9. The first-order valence-electron chi connectivity index (χ1n) is 11.6. The van der Waals surface area contributed by atoms with Crippen LogP contribution in [0.2, 0.25) is 0 Å². The van der Waals surface area contributed by atoms with Crippen molar-refractivity contribution >= 4 is 71.4 Å². The first-order chi connectivity index (χ1) is 17.7. The summed E-state index contributed by atoms with van der Waals surface area (Å²) in [4.78, 5) is 53.7. The van der Waals surface area contributed by atoms with Crippen LogP contribution in [-0.2, 0) is 27.8 Å². The van der Waals surface area contributed by atoms with Crippen molar-refractivity contribution in [1.82, 2.24) is 4.90 Å².